The fraction of sp³-hybridized carbons (Fsp3) is 0.857. The summed E-state index contributed by atoms with van der Waals surface area (Å²) in [6.07, 6.45) is 17.5. The van der Waals surface area contributed by atoms with Gasteiger partial charge >= 0.3 is 0 Å². The van der Waals surface area contributed by atoms with Crippen LogP contribution in [0.3, 0.4) is 0 Å². The molecule has 3 atom stereocenters. The maximum absolute atomic E-state index is 13.8. The Morgan fingerprint density at radius 1 is 0.857 bits per heavy atom. The summed E-state index contributed by atoms with van der Waals surface area (Å²) in [4.78, 5) is 44.0. The van der Waals surface area contributed by atoms with E-state index in [9.17, 15) is 14.4 Å². The molecule has 1 aliphatic heterocycles. The molecule has 0 aromatic heterocycles. The van der Waals surface area contributed by atoms with Crippen LogP contribution in [0.1, 0.15) is 139 Å². The number of hydrogen-bond donors (Lipinski definition) is 2. The number of piperidine rings is 1. The lowest BCUT2D eigenvalue weighted by Gasteiger charge is -2.39. The molecular formula is C35H66N4O3. The Labute approximate surface area is 259 Å². The van der Waals surface area contributed by atoms with E-state index in [1.165, 1.54) is 51.4 Å². The SMILES string of the molecule is CCCCCCCCCCCCNC(=O)/C(C)=C/[C@H](C(C)C)N(C)C(=O)C(NC(=O)C1CCCCN1C(C)C)C(C)C. The highest BCUT2D eigenvalue weighted by Gasteiger charge is 2.36. The summed E-state index contributed by atoms with van der Waals surface area (Å²) in [5.41, 5.74) is 0.625. The molecule has 0 aromatic carbocycles. The lowest BCUT2D eigenvalue weighted by Crippen LogP contribution is -2.58. The maximum atomic E-state index is 13.8. The van der Waals surface area contributed by atoms with Crippen LogP contribution in [0.4, 0.5) is 0 Å². The van der Waals surface area contributed by atoms with Crippen molar-refractivity contribution >= 4 is 17.7 Å². The summed E-state index contributed by atoms with van der Waals surface area (Å²) in [5, 5.41) is 6.18. The van der Waals surface area contributed by atoms with Gasteiger partial charge in [0.25, 0.3) is 0 Å². The molecule has 2 unspecified atom stereocenters. The number of carbonyl (C=O) groups excluding carboxylic acids is 3. The Morgan fingerprint density at radius 2 is 1.43 bits per heavy atom. The minimum absolute atomic E-state index is 0.0528. The van der Waals surface area contributed by atoms with Crippen LogP contribution in [0.2, 0.25) is 0 Å². The molecule has 7 nitrogen and oxygen atoms in total. The number of nitrogens with one attached hydrogen (secondary N) is 2. The van der Waals surface area contributed by atoms with Gasteiger partial charge in [0, 0.05) is 25.2 Å². The molecule has 3 amide bonds. The van der Waals surface area contributed by atoms with E-state index in [1.54, 1.807) is 11.9 Å². The third-order valence-electron chi connectivity index (χ3n) is 8.81. The number of nitrogens with zero attached hydrogens (tertiary/aromatic N) is 2. The van der Waals surface area contributed by atoms with E-state index >= 15 is 0 Å². The van der Waals surface area contributed by atoms with Crippen LogP contribution in [0.5, 0.6) is 0 Å². The van der Waals surface area contributed by atoms with Crippen LogP contribution in [-0.4, -0.2) is 71.8 Å². The van der Waals surface area contributed by atoms with Crippen molar-refractivity contribution in [2.24, 2.45) is 11.8 Å². The summed E-state index contributed by atoms with van der Waals surface area (Å²) in [6, 6.07) is -0.772. The normalized spacial score (nSPS) is 17.9. The molecule has 1 heterocycles. The minimum Gasteiger partial charge on any atom is -0.352 e. The predicted octanol–water partition coefficient (Wildman–Crippen LogP) is 6.86. The molecule has 0 spiro atoms. The van der Waals surface area contributed by atoms with Crippen molar-refractivity contribution in [3.05, 3.63) is 11.6 Å². The molecule has 1 rings (SSSR count). The number of carbonyl (C=O) groups is 3. The van der Waals surface area contributed by atoms with Crippen LogP contribution >= 0.6 is 0 Å². The monoisotopic (exact) mass is 591 g/mol. The van der Waals surface area contributed by atoms with E-state index in [1.807, 2.05) is 26.8 Å². The highest BCUT2D eigenvalue weighted by molar-refractivity contribution is 5.93. The molecular weight excluding hydrogens is 524 g/mol. The highest BCUT2D eigenvalue weighted by atomic mass is 16.2. The van der Waals surface area contributed by atoms with Gasteiger partial charge in [0.2, 0.25) is 17.7 Å². The molecule has 1 fully saturated rings. The number of likely N-dealkylation sites (tertiary alicyclic amines) is 1. The molecule has 244 valence electrons. The minimum atomic E-state index is -0.612. The molecule has 0 aliphatic carbocycles. The summed E-state index contributed by atoms with van der Waals surface area (Å²) >= 11 is 0. The number of rotatable bonds is 20. The first-order chi connectivity index (χ1) is 19.9. The Morgan fingerprint density at radius 3 is 1.95 bits per heavy atom. The van der Waals surface area contributed by atoms with Gasteiger partial charge in [-0.3, -0.25) is 19.3 Å². The molecule has 0 radical (unpaired) electrons. The van der Waals surface area contributed by atoms with Gasteiger partial charge in [-0.2, -0.15) is 0 Å². The Balaban J connectivity index is 2.67. The lowest BCUT2D eigenvalue weighted by molar-refractivity contribution is -0.140. The topological polar surface area (TPSA) is 81.8 Å². The molecule has 1 aliphatic rings. The summed E-state index contributed by atoms with van der Waals surface area (Å²) in [5.74, 6) is -0.178. The summed E-state index contributed by atoms with van der Waals surface area (Å²) in [7, 11) is 1.79. The zero-order chi connectivity index (χ0) is 31.7. The van der Waals surface area contributed by atoms with E-state index in [2.05, 4.69) is 50.2 Å². The Bertz CT molecular complexity index is 823. The van der Waals surface area contributed by atoms with Crippen molar-refractivity contribution in [2.75, 3.05) is 20.1 Å². The molecule has 0 bridgehead atoms. The van der Waals surface area contributed by atoms with Crippen molar-refractivity contribution in [3.8, 4) is 0 Å². The maximum Gasteiger partial charge on any atom is 0.246 e. The van der Waals surface area contributed by atoms with E-state index in [0.29, 0.717) is 12.1 Å². The molecule has 7 heteroatoms. The molecule has 0 aromatic rings. The number of hydrogen-bond acceptors (Lipinski definition) is 4. The number of amides is 3. The predicted molar refractivity (Wildman–Crippen MR) is 176 cm³/mol. The van der Waals surface area contributed by atoms with Gasteiger partial charge in [-0.1, -0.05) is 105 Å². The van der Waals surface area contributed by atoms with Crippen molar-refractivity contribution in [2.45, 2.75) is 163 Å². The molecule has 42 heavy (non-hydrogen) atoms. The van der Waals surface area contributed by atoms with Crippen LogP contribution in [0, 0.1) is 11.8 Å². The largest absolute Gasteiger partial charge is 0.352 e. The van der Waals surface area contributed by atoms with Crippen molar-refractivity contribution in [3.63, 3.8) is 0 Å². The first kappa shape index (κ1) is 38.1. The summed E-state index contributed by atoms with van der Waals surface area (Å²) < 4.78 is 0. The molecule has 0 saturated carbocycles. The lowest BCUT2D eigenvalue weighted by atomic mass is 9.95. The smallest absolute Gasteiger partial charge is 0.246 e. The van der Waals surface area contributed by atoms with E-state index in [-0.39, 0.29) is 47.7 Å². The second kappa shape index (κ2) is 20.9. The zero-order valence-corrected chi connectivity index (χ0v) is 28.8. The summed E-state index contributed by atoms with van der Waals surface area (Å²) in [6.45, 7) is 18.0. The van der Waals surface area contributed by atoms with Gasteiger partial charge in [0.05, 0.1) is 12.1 Å². The van der Waals surface area contributed by atoms with Crippen LogP contribution in [0.15, 0.2) is 11.6 Å². The van der Waals surface area contributed by atoms with Gasteiger partial charge in [-0.15, -0.1) is 0 Å². The first-order valence-electron chi connectivity index (χ1n) is 17.2. The van der Waals surface area contributed by atoms with E-state index in [4.69, 9.17) is 0 Å². The second-order valence-electron chi connectivity index (χ2n) is 13.5. The second-order valence-corrected chi connectivity index (χ2v) is 13.5. The molecule has 1 saturated heterocycles. The third kappa shape index (κ3) is 13.6. The fourth-order valence-corrected chi connectivity index (χ4v) is 6.02. The van der Waals surface area contributed by atoms with Gasteiger partial charge in [-0.25, -0.2) is 0 Å². The van der Waals surface area contributed by atoms with Crippen molar-refractivity contribution in [1.29, 1.82) is 0 Å². The Hall–Kier alpha value is -1.89. The Kier molecular flexibility index (Phi) is 19.0. The van der Waals surface area contributed by atoms with E-state index < -0.39 is 6.04 Å². The zero-order valence-electron chi connectivity index (χ0n) is 28.8. The molecule has 2 N–H and O–H groups in total. The fourth-order valence-electron chi connectivity index (χ4n) is 6.02. The van der Waals surface area contributed by atoms with Crippen LogP contribution in [-0.2, 0) is 14.4 Å². The highest BCUT2D eigenvalue weighted by Crippen LogP contribution is 2.21. The van der Waals surface area contributed by atoms with Crippen LogP contribution in [0.25, 0.3) is 0 Å². The van der Waals surface area contributed by atoms with E-state index in [0.717, 1.165) is 38.6 Å². The number of unbranched alkanes of at least 4 members (excludes halogenated alkanes) is 9. The van der Waals surface area contributed by atoms with Crippen molar-refractivity contribution < 1.29 is 14.4 Å². The average molecular weight is 591 g/mol. The van der Waals surface area contributed by atoms with Crippen LogP contribution < -0.4 is 10.6 Å². The third-order valence-corrected chi connectivity index (χ3v) is 8.81. The van der Waals surface area contributed by atoms with Gasteiger partial charge in [0.15, 0.2) is 0 Å². The van der Waals surface area contributed by atoms with Crippen molar-refractivity contribution in [1.82, 2.24) is 20.4 Å². The first-order valence-corrected chi connectivity index (χ1v) is 17.2. The van der Waals surface area contributed by atoms with Gasteiger partial charge < -0.3 is 15.5 Å². The average Bonchev–Trinajstić information content (AvgIpc) is 2.95. The van der Waals surface area contributed by atoms with Gasteiger partial charge in [0.1, 0.15) is 6.04 Å². The number of likely N-dealkylation sites (N-methyl/N-ethyl adjacent to an activating group) is 1. The van der Waals surface area contributed by atoms with Gasteiger partial charge in [-0.05, 0) is 58.4 Å². The quantitative estimate of drug-likeness (QED) is 0.120. The standard InChI is InChI=1S/C35H66N4O3/c1-10-11-12-13-14-15-16-17-18-20-23-36-33(40)29(8)25-31(26(2)3)38(9)35(42)32(27(4)5)37-34(41)30-22-19-21-24-39(30)28(6)7/h25-28,30-32H,10-24H2,1-9H3,(H,36,40)(H,37,41)/b29-25+/t30?,31-,32?/m1/s1.